The Bertz CT molecular complexity index is 832. The van der Waals surface area contributed by atoms with Crippen molar-refractivity contribution in [3.8, 4) is 0 Å². The fourth-order valence-corrected chi connectivity index (χ4v) is 3.25. The first-order valence-corrected chi connectivity index (χ1v) is 8.54. The second kappa shape index (κ2) is 7.52. The van der Waals surface area contributed by atoms with Gasteiger partial charge < -0.3 is 9.80 Å². The minimum Gasteiger partial charge on any atom is -0.338 e. The minimum absolute atomic E-state index is 0.0480. The van der Waals surface area contributed by atoms with Gasteiger partial charge >= 0.3 is 0 Å². The molecule has 2 aromatic carbocycles. The van der Waals surface area contributed by atoms with Gasteiger partial charge in [-0.15, -0.1) is 0 Å². The lowest BCUT2D eigenvalue weighted by atomic mass is 9.98. The molecular formula is C21H21FN2O2. The van der Waals surface area contributed by atoms with E-state index in [4.69, 9.17) is 0 Å². The van der Waals surface area contributed by atoms with Crippen LogP contribution in [0.4, 0.5) is 10.1 Å². The molecule has 26 heavy (non-hydrogen) atoms. The van der Waals surface area contributed by atoms with Crippen LogP contribution < -0.4 is 4.90 Å². The monoisotopic (exact) mass is 352 g/mol. The largest absolute Gasteiger partial charge is 0.338 e. The van der Waals surface area contributed by atoms with Crippen molar-refractivity contribution in [2.24, 2.45) is 0 Å². The van der Waals surface area contributed by atoms with Gasteiger partial charge in [0.1, 0.15) is 5.82 Å². The summed E-state index contributed by atoms with van der Waals surface area (Å²) < 4.78 is 13.4. The van der Waals surface area contributed by atoms with E-state index in [1.807, 2.05) is 6.07 Å². The number of carbonyl (C=O) groups excluding carboxylic acids is 2. The zero-order valence-electron chi connectivity index (χ0n) is 14.7. The Morgan fingerprint density at radius 3 is 2.62 bits per heavy atom. The van der Waals surface area contributed by atoms with Gasteiger partial charge in [0.05, 0.1) is 0 Å². The molecule has 2 amide bonds. The van der Waals surface area contributed by atoms with Crippen molar-refractivity contribution in [3.63, 3.8) is 0 Å². The highest BCUT2D eigenvalue weighted by Crippen LogP contribution is 2.28. The molecule has 3 rings (SSSR count). The van der Waals surface area contributed by atoms with E-state index < -0.39 is 0 Å². The Labute approximate surface area is 152 Å². The molecule has 0 bridgehead atoms. The molecule has 5 heteroatoms. The number of anilines is 1. The first-order valence-electron chi connectivity index (χ1n) is 8.54. The molecule has 0 N–H and O–H groups in total. The molecule has 1 atom stereocenters. The van der Waals surface area contributed by atoms with E-state index in [1.54, 1.807) is 48.3 Å². The van der Waals surface area contributed by atoms with Crippen LogP contribution in [0.1, 0.15) is 28.3 Å². The van der Waals surface area contributed by atoms with Crippen LogP contribution in [0.15, 0.2) is 61.2 Å². The number of amides is 2. The molecule has 0 spiro atoms. The molecule has 134 valence electrons. The summed E-state index contributed by atoms with van der Waals surface area (Å²) in [4.78, 5) is 27.6. The van der Waals surface area contributed by atoms with E-state index in [1.165, 1.54) is 17.0 Å². The van der Waals surface area contributed by atoms with Gasteiger partial charge in [0, 0.05) is 37.3 Å². The zero-order valence-corrected chi connectivity index (χ0v) is 14.7. The molecule has 2 aromatic rings. The molecular weight excluding hydrogens is 331 g/mol. The highest BCUT2D eigenvalue weighted by Gasteiger charge is 2.28. The lowest BCUT2D eigenvalue weighted by Crippen LogP contribution is -2.28. The summed E-state index contributed by atoms with van der Waals surface area (Å²) in [6.45, 7) is 4.70. The van der Waals surface area contributed by atoms with Crippen LogP contribution in [0.5, 0.6) is 0 Å². The Morgan fingerprint density at radius 2 is 1.96 bits per heavy atom. The highest BCUT2D eigenvalue weighted by molar-refractivity contribution is 6.01. The summed E-state index contributed by atoms with van der Waals surface area (Å²) in [5.74, 6) is -0.346. The van der Waals surface area contributed by atoms with Gasteiger partial charge in [-0.1, -0.05) is 18.7 Å². The van der Waals surface area contributed by atoms with Crippen LogP contribution in [0, 0.1) is 5.82 Å². The van der Waals surface area contributed by atoms with Crippen molar-refractivity contribution in [1.29, 1.82) is 0 Å². The summed E-state index contributed by atoms with van der Waals surface area (Å²) >= 11 is 0. The average Bonchev–Trinajstić information content (AvgIpc) is 3.16. The van der Waals surface area contributed by atoms with Crippen LogP contribution in [0.2, 0.25) is 0 Å². The fraction of sp³-hybridized carbons (Fsp3) is 0.238. The zero-order chi connectivity index (χ0) is 18.7. The Kier molecular flexibility index (Phi) is 5.16. The molecule has 1 aliphatic rings. The SMILES string of the molecule is C=CC(=O)N(C)c1ccc(C(=O)N2CCC(c3cccc(F)c3)C2)cc1. The van der Waals surface area contributed by atoms with Gasteiger partial charge in [-0.3, -0.25) is 9.59 Å². The van der Waals surface area contributed by atoms with E-state index >= 15 is 0 Å². The van der Waals surface area contributed by atoms with E-state index in [9.17, 15) is 14.0 Å². The quantitative estimate of drug-likeness (QED) is 0.789. The molecule has 0 aromatic heterocycles. The molecule has 0 saturated carbocycles. The minimum atomic E-state index is -0.249. The van der Waals surface area contributed by atoms with E-state index in [0.717, 1.165) is 12.0 Å². The van der Waals surface area contributed by atoms with Crippen LogP contribution in [0.25, 0.3) is 0 Å². The van der Waals surface area contributed by atoms with Gasteiger partial charge in [-0.25, -0.2) is 4.39 Å². The lowest BCUT2D eigenvalue weighted by Gasteiger charge is -2.18. The van der Waals surface area contributed by atoms with Crippen molar-refractivity contribution in [2.45, 2.75) is 12.3 Å². The smallest absolute Gasteiger partial charge is 0.253 e. The third kappa shape index (κ3) is 3.67. The molecule has 1 saturated heterocycles. The number of likely N-dealkylation sites (tertiary alicyclic amines) is 1. The predicted octanol–water partition coefficient (Wildman–Crippen LogP) is 3.60. The van der Waals surface area contributed by atoms with Crippen molar-refractivity contribution in [3.05, 3.63) is 78.1 Å². The molecule has 0 aliphatic carbocycles. The number of benzene rings is 2. The van der Waals surface area contributed by atoms with Crippen molar-refractivity contribution in [1.82, 2.24) is 4.90 Å². The summed E-state index contributed by atoms with van der Waals surface area (Å²) in [5, 5.41) is 0. The Hall–Kier alpha value is -2.95. The summed E-state index contributed by atoms with van der Waals surface area (Å²) in [5.41, 5.74) is 2.21. The number of hydrogen-bond donors (Lipinski definition) is 0. The molecule has 0 radical (unpaired) electrons. The molecule has 1 unspecified atom stereocenters. The van der Waals surface area contributed by atoms with Crippen molar-refractivity contribution < 1.29 is 14.0 Å². The first kappa shape index (κ1) is 17.9. The normalized spacial score (nSPS) is 16.4. The van der Waals surface area contributed by atoms with E-state index in [-0.39, 0.29) is 23.5 Å². The second-order valence-corrected chi connectivity index (χ2v) is 6.44. The number of halogens is 1. The number of hydrogen-bond acceptors (Lipinski definition) is 2. The molecule has 1 aliphatic heterocycles. The second-order valence-electron chi connectivity index (χ2n) is 6.44. The first-order chi connectivity index (χ1) is 12.5. The van der Waals surface area contributed by atoms with Gasteiger partial charge in [0.15, 0.2) is 0 Å². The average molecular weight is 352 g/mol. The van der Waals surface area contributed by atoms with Gasteiger partial charge in [0.2, 0.25) is 5.91 Å². The Morgan fingerprint density at radius 1 is 1.23 bits per heavy atom. The number of nitrogens with zero attached hydrogens (tertiary/aromatic N) is 2. The highest BCUT2D eigenvalue weighted by atomic mass is 19.1. The summed E-state index contributed by atoms with van der Waals surface area (Å²) in [7, 11) is 1.66. The molecule has 4 nitrogen and oxygen atoms in total. The van der Waals surface area contributed by atoms with Crippen LogP contribution in [0.3, 0.4) is 0 Å². The fourth-order valence-electron chi connectivity index (χ4n) is 3.25. The standard InChI is InChI=1S/C21H21FN2O2/c1-3-20(25)23(2)19-9-7-15(8-10-19)21(26)24-12-11-17(14-24)16-5-4-6-18(22)13-16/h3-10,13,17H,1,11-12,14H2,2H3. The summed E-state index contributed by atoms with van der Waals surface area (Å²) in [6.07, 6.45) is 2.07. The maximum Gasteiger partial charge on any atom is 0.253 e. The maximum absolute atomic E-state index is 13.4. The van der Waals surface area contributed by atoms with Crippen molar-refractivity contribution >= 4 is 17.5 Å². The van der Waals surface area contributed by atoms with Crippen molar-refractivity contribution in [2.75, 3.05) is 25.0 Å². The molecule has 1 fully saturated rings. The third-order valence-corrected chi connectivity index (χ3v) is 4.80. The maximum atomic E-state index is 13.4. The Balaban J connectivity index is 1.68. The molecule has 1 heterocycles. The predicted molar refractivity (Wildman–Crippen MR) is 99.7 cm³/mol. The van der Waals surface area contributed by atoms with Gasteiger partial charge in [0.25, 0.3) is 5.91 Å². The van der Waals surface area contributed by atoms with Crippen LogP contribution >= 0.6 is 0 Å². The summed E-state index contributed by atoms with van der Waals surface area (Å²) in [6, 6.07) is 13.5. The van der Waals surface area contributed by atoms with Gasteiger partial charge in [-0.2, -0.15) is 0 Å². The number of likely N-dealkylation sites (N-methyl/N-ethyl adjacent to an activating group) is 1. The number of rotatable bonds is 4. The number of carbonyl (C=O) groups is 2. The topological polar surface area (TPSA) is 40.6 Å². The van der Waals surface area contributed by atoms with Gasteiger partial charge in [-0.05, 0) is 54.5 Å². The lowest BCUT2D eigenvalue weighted by molar-refractivity contribution is -0.113. The van der Waals surface area contributed by atoms with Crippen LogP contribution in [-0.2, 0) is 4.79 Å². The van der Waals surface area contributed by atoms with E-state index in [2.05, 4.69) is 6.58 Å². The van der Waals surface area contributed by atoms with Crippen LogP contribution in [-0.4, -0.2) is 36.9 Å². The third-order valence-electron chi connectivity index (χ3n) is 4.80. The van der Waals surface area contributed by atoms with E-state index in [0.29, 0.717) is 24.3 Å².